The molecular formula is C18H29NO3. The van der Waals surface area contributed by atoms with Crippen LogP contribution in [0.2, 0.25) is 0 Å². The molecule has 0 amide bonds. The van der Waals surface area contributed by atoms with Crippen LogP contribution in [0.1, 0.15) is 38.2 Å². The summed E-state index contributed by atoms with van der Waals surface area (Å²) in [5.41, 5.74) is 1.09. The van der Waals surface area contributed by atoms with Crippen molar-refractivity contribution in [3.8, 4) is 5.75 Å². The molecule has 1 saturated heterocycles. The van der Waals surface area contributed by atoms with Gasteiger partial charge >= 0.3 is 0 Å². The van der Waals surface area contributed by atoms with Gasteiger partial charge in [0, 0.05) is 12.6 Å². The number of benzene rings is 1. The lowest BCUT2D eigenvalue weighted by molar-refractivity contribution is -0.00377. The van der Waals surface area contributed by atoms with Crippen LogP contribution in [0.3, 0.4) is 0 Å². The highest BCUT2D eigenvalue weighted by molar-refractivity contribution is 5.26. The molecule has 1 aromatic carbocycles. The lowest BCUT2D eigenvalue weighted by Crippen LogP contribution is -2.44. The van der Waals surface area contributed by atoms with Crippen molar-refractivity contribution in [3.05, 3.63) is 29.8 Å². The highest BCUT2D eigenvalue weighted by atomic mass is 16.5. The van der Waals surface area contributed by atoms with E-state index in [0.29, 0.717) is 19.3 Å². The van der Waals surface area contributed by atoms with Gasteiger partial charge in [-0.1, -0.05) is 25.5 Å². The summed E-state index contributed by atoms with van der Waals surface area (Å²) in [6.45, 7) is 4.97. The summed E-state index contributed by atoms with van der Waals surface area (Å²) in [5, 5.41) is 10.2. The van der Waals surface area contributed by atoms with Crippen LogP contribution >= 0.6 is 0 Å². The monoisotopic (exact) mass is 307 g/mol. The van der Waals surface area contributed by atoms with E-state index in [9.17, 15) is 5.11 Å². The van der Waals surface area contributed by atoms with Crippen molar-refractivity contribution in [2.75, 3.05) is 26.8 Å². The van der Waals surface area contributed by atoms with Crippen LogP contribution in [0.5, 0.6) is 5.75 Å². The maximum absolute atomic E-state index is 10.2. The van der Waals surface area contributed by atoms with Crippen molar-refractivity contribution in [1.82, 2.24) is 4.90 Å². The summed E-state index contributed by atoms with van der Waals surface area (Å²) >= 11 is 0. The van der Waals surface area contributed by atoms with Crippen LogP contribution in [0.25, 0.3) is 0 Å². The summed E-state index contributed by atoms with van der Waals surface area (Å²) < 4.78 is 10.8. The molecule has 22 heavy (non-hydrogen) atoms. The molecule has 1 aromatic rings. The number of rotatable bonds is 8. The number of likely N-dealkylation sites (tertiary alicyclic amines) is 1. The Balaban J connectivity index is 1.69. The van der Waals surface area contributed by atoms with Crippen molar-refractivity contribution in [2.24, 2.45) is 0 Å². The van der Waals surface area contributed by atoms with E-state index in [0.717, 1.165) is 24.4 Å². The molecule has 2 rings (SSSR count). The second kappa shape index (κ2) is 9.13. The average Bonchev–Trinajstić information content (AvgIpc) is 2.56. The molecule has 2 unspecified atom stereocenters. The number of β-amino-alcohol motifs (C(OH)–C–C–N with tert-alkyl or cyclic N) is 1. The van der Waals surface area contributed by atoms with Gasteiger partial charge in [0.2, 0.25) is 0 Å². The van der Waals surface area contributed by atoms with Crippen LogP contribution in [0, 0.1) is 0 Å². The number of aliphatic hydroxyl groups excluding tert-OH is 1. The van der Waals surface area contributed by atoms with Crippen LogP contribution < -0.4 is 4.74 Å². The molecule has 1 fully saturated rings. The number of aliphatic hydroxyl groups is 1. The lowest BCUT2D eigenvalue weighted by Gasteiger charge is -2.36. The molecule has 124 valence electrons. The molecule has 0 spiro atoms. The Morgan fingerprint density at radius 3 is 2.73 bits per heavy atom. The predicted octanol–water partition coefficient (Wildman–Crippen LogP) is 2.84. The van der Waals surface area contributed by atoms with Crippen molar-refractivity contribution in [2.45, 2.75) is 51.4 Å². The van der Waals surface area contributed by atoms with Crippen LogP contribution in [-0.2, 0) is 11.3 Å². The quantitative estimate of drug-likeness (QED) is 0.802. The lowest BCUT2D eigenvalue weighted by atomic mass is 10.00. The van der Waals surface area contributed by atoms with Gasteiger partial charge in [-0.05, 0) is 43.5 Å². The van der Waals surface area contributed by atoms with Gasteiger partial charge in [-0.25, -0.2) is 0 Å². The fourth-order valence-corrected chi connectivity index (χ4v) is 3.12. The molecule has 0 aromatic heterocycles. The number of piperidine rings is 1. The van der Waals surface area contributed by atoms with Crippen LogP contribution in [0.15, 0.2) is 24.3 Å². The first-order valence-corrected chi connectivity index (χ1v) is 8.35. The van der Waals surface area contributed by atoms with E-state index in [2.05, 4.69) is 11.8 Å². The summed E-state index contributed by atoms with van der Waals surface area (Å²) in [7, 11) is 1.66. The first-order valence-electron chi connectivity index (χ1n) is 8.35. The number of ether oxygens (including phenoxy) is 2. The van der Waals surface area contributed by atoms with E-state index in [4.69, 9.17) is 9.47 Å². The number of nitrogens with zero attached hydrogens (tertiary/aromatic N) is 1. The Labute approximate surface area is 134 Å². The van der Waals surface area contributed by atoms with Gasteiger partial charge < -0.3 is 14.6 Å². The third-order valence-corrected chi connectivity index (χ3v) is 4.40. The minimum atomic E-state index is -0.412. The average molecular weight is 307 g/mol. The summed E-state index contributed by atoms with van der Waals surface area (Å²) in [6, 6.07) is 8.46. The summed E-state index contributed by atoms with van der Waals surface area (Å²) in [4.78, 5) is 2.42. The second-order valence-electron chi connectivity index (χ2n) is 6.07. The molecule has 1 aliphatic rings. The molecule has 0 saturated carbocycles. The Morgan fingerprint density at radius 2 is 2.05 bits per heavy atom. The zero-order valence-electron chi connectivity index (χ0n) is 13.8. The Hall–Kier alpha value is -1.10. The van der Waals surface area contributed by atoms with E-state index in [1.54, 1.807) is 7.11 Å². The first kappa shape index (κ1) is 17.3. The fraction of sp³-hybridized carbons (Fsp3) is 0.667. The predicted molar refractivity (Wildman–Crippen MR) is 88.2 cm³/mol. The van der Waals surface area contributed by atoms with E-state index < -0.39 is 6.10 Å². The van der Waals surface area contributed by atoms with E-state index in [1.165, 1.54) is 25.7 Å². The van der Waals surface area contributed by atoms with Gasteiger partial charge in [0.05, 0.1) is 26.4 Å². The van der Waals surface area contributed by atoms with Gasteiger partial charge in [-0.2, -0.15) is 0 Å². The Bertz CT molecular complexity index is 421. The van der Waals surface area contributed by atoms with Gasteiger partial charge in [0.25, 0.3) is 0 Å². The SMILES string of the molecule is CCC1CCCCN1CC(O)COCc1ccc(OC)cc1. The standard InChI is InChI=1S/C18H29NO3/c1-3-16-6-4-5-11-19(16)12-17(20)14-22-13-15-7-9-18(21-2)10-8-15/h7-10,16-17,20H,3-6,11-14H2,1-2H3. The smallest absolute Gasteiger partial charge is 0.118 e. The second-order valence-corrected chi connectivity index (χ2v) is 6.07. The van der Waals surface area contributed by atoms with Crippen molar-refractivity contribution >= 4 is 0 Å². The maximum atomic E-state index is 10.2. The molecular weight excluding hydrogens is 278 g/mol. The molecule has 1 heterocycles. The zero-order chi connectivity index (χ0) is 15.8. The van der Waals surface area contributed by atoms with Gasteiger partial charge in [0.1, 0.15) is 5.75 Å². The number of hydrogen-bond donors (Lipinski definition) is 1. The molecule has 2 atom stereocenters. The first-order chi connectivity index (χ1) is 10.7. The molecule has 0 aliphatic carbocycles. The molecule has 1 N–H and O–H groups in total. The number of methoxy groups -OCH3 is 1. The molecule has 4 nitrogen and oxygen atoms in total. The van der Waals surface area contributed by atoms with Crippen molar-refractivity contribution in [1.29, 1.82) is 0 Å². The van der Waals surface area contributed by atoms with Crippen LogP contribution in [0.4, 0.5) is 0 Å². The summed E-state index contributed by atoms with van der Waals surface area (Å²) in [6.07, 6.45) is 4.58. The Kier molecular flexibility index (Phi) is 7.16. The number of hydrogen-bond acceptors (Lipinski definition) is 4. The molecule has 4 heteroatoms. The third kappa shape index (κ3) is 5.27. The normalized spacial score (nSPS) is 20.8. The highest BCUT2D eigenvalue weighted by Crippen LogP contribution is 2.19. The molecule has 1 aliphatic heterocycles. The minimum absolute atomic E-state index is 0.388. The van der Waals surface area contributed by atoms with Crippen LogP contribution in [-0.4, -0.2) is 49.0 Å². The van der Waals surface area contributed by atoms with Gasteiger partial charge in [0.15, 0.2) is 0 Å². The van der Waals surface area contributed by atoms with E-state index in [-0.39, 0.29) is 0 Å². The maximum Gasteiger partial charge on any atom is 0.118 e. The highest BCUT2D eigenvalue weighted by Gasteiger charge is 2.22. The fourth-order valence-electron chi connectivity index (χ4n) is 3.12. The minimum Gasteiger partial charge on any atom is -0.497 e. The van der Waals surface area contributed by atoms with Gasteiger partial charge in [-0.3, -0.25) is 4.90 Å². The molecule has 0 radical (unpaired) electrons. The molecule has 0 bridgehead atoms. The topological polar surface area (TPSA) is 41.9 Å². The van der Waals surface area contributed by atoms with E-state index >= 15 is 0 Å². The van der Waals surface area contributed by atoms with Crippen molar-refractivity contribution in [3.63, 3.8) is 0 Å². The largest absolute Gasteiger partial charge is 0.497 e. The zero-order valence-corrected chi connectivity index (χ0v) is 13.8. The summed E-state index contributed by atoms with van der Waals surface area (Å²) in [5.74, 6) is 0.847. The van der Waals surface area contributed by atoms with Crippen molar-refractivity contribution < 1.29 is 14.6 Å². The third-order valence-electron chi connectivity index (χ3n) is 4.40. The van der Waals surface area contributed by atoms with Gasteiger partial charge in [-0.15, -0.1) is 0 Å². The Morgan fingerprint density at radius 1 is 1.27 bits per heavy atom. The van der Waals surface area contributed by atoms with E-state index in [1.807, 2.05) is 24.3 Å².